The molecule has 0 bridgehead atoms. The maximum atomic E-state index is 11.4. The molecule has 1 saturated heterocycles. The Morgan fingerprint density at radius 3 is 2.79 bits per heavy atom. The third kappa shape index (κ3) is 2.25. The van der Waals surface area contributed by atoms with Gasteiger partial charge in [-0.25, -0.2) is 4.79 Å². The monoisotopic (exact) mass is 264 g/mol. The van der Waals surface area contributed by atoms with Crippen molar-refractivity contribution in [2.24, 2.45) is 5.92 Å². The van der Waals surface area contributed by atoms with E-state index in [9.17, 15) is 20.0 Å². The number of nitro groups is 1. The predicted octanol–water partition coefficient (Wildman–Crippen LogP) is 2.20. The number of hydrogen-bond donors (Lipinski definition) is 1. The first-order valence-electron chi connectivity index (χ1n) is 6.17. The Kier molecular flexibility index (Phi) is 3.42. The maximum absolute atomic E-state index is 11.4. The molecule has 0 aliphatic carbocycles. The van der Waals surface area contributed by atoms with Crippen molar-refractivity contribution in [1.29, 1.82) is 0 Å². The molecular weight excluding hydrogens is 248 g/mol. The average molecular weight is 264 g/mol. The number of benzene rings is 1. The Labute approximate surface area is 110 Å². The fourth-order valence-corrected chi connectivity index (χ4v) is 2.74. The highest BCUT2D eigenvalue weighted by molar-refractivity contribution is 5.82. The summed E-state index contributed by atoms with van der Waals surface area (Å²) < 4.78 is 0. The Hall–Kier alpha value is -2.11. The van der Waals surface area contributed by atoms with Crippen LogP contribution in [0.1, 0.15) is 18.9 Å². The summed E-state index contributed by atoms with van der Waals surface area (Å²) >= 11 is 0. The molecule has 19 heavy (non-hydrogen) atoms. The quantitative estimate of drug-likeness (QED) is 0.668. The smallest absolute Gasteiger partial charge is 0.326 e. The van der Waals surface area contributed by atoms with E-state index in [1.165, 1.54) is 6.07 Å². The lowest BCUT2D eigenvalue weighted by molar-refractivity contribution is -0.384. The first kappa shape index (κ1) is 13.3. The Balaban J connectivity index is 2.52. The maximum Gasteiger partial charge on any atom is 0.326 e. The Morgan fingerprint density at radius 2 is 2.21 bits per heavy atom. The molecule has 0 saturated carbocycles. The summed E-state index contributed by atoms with van der Waals surface area (Å²) in [4.78, 5) is 23.7. The molecular formula is C13H16N2O4. The van der Waals surface area contributed by atoms with Crippen molar-refractivity contribution >= 4 is 17.3 Å². The van der Waals surface area contributed by atoms with Crippen LogP contribution >= 0.6 is 0 Å². The molecule has 1 fully saturated rings. The van der Waals surface area contributed by atoms with E-state index in [2.05, 4.69) is 0 Å². The van der Waals surface area contributed by atoms with Crippen LogP contribution in [-0.4, -0.2) is 28.6 Å². The van der Waals surface area contributed by atoms with Crippen LogP contribution < -0.4 is 4.90 Å². The van der Waals surface area contributed by atoms with Crippen molar-refractivity contribution < 1.29 is 14.8 Å². The first-order valence-corrected chi connectivity index (χ1v) is 6.17. The number of carboxylic acids is 1. The Bertz CT molecular complexity index is 529. The molecule has 1 aromatic rings. The number of rotatable bonds is 3. The van der Waals surface area contributed by atoms with Crippen molar-refractivity contribution in [1.82, 2.24) is 0 Å². The molecule has 0 aromatic heterocycles. The van der Waals surface area contributed by atoms with Crippen LogP contribution in [0.5, 0.6) is 0 Å². The minimum atomic E-state index is -0.928. The van der Waals surface area contributed by atoms with E-state index in [0.717, 1.165) is 12.0 Å². The summed E-state index contributed by atoms with van der Waals surface area (Å²) in [5.41, 5.74) is 1.14. The van der Waals surface area contributed by atoms with Crippen LogP contribution in [0.25, 0.3) is 0 Å². The number of para-hydroxylation sites is 1. The fourth-order valence-electron chi connectivity index (χ4n) is 2.74. The molecule has 0 spiro atoms. The molecule has 0 radical (unpaired) electrons. The summed E-state index contributed by atoms with van der Waals surface area (Å²) in [5.74, 6) is -0.945. The number of nitro benzene ring substituents is 1. The highest BCUT2D eigenvalue weighted by Crippen LogP contribution is 2.38. The van der Waals surface area contributed by atoms with Crippen LogP contribution in [0, 0.1) is 23.0 Å². The summed E-state index contributed by atoms with van der Waals surface area (Å²) in [5, 5.41) is 20.4. The zero-order valence-electron chi connectivity index (χ0n) is 10.9. The van der Waals surface area contributed by atoms with Crippen LogP contribution in [0.2, 0.25) is 0 Å². The van der Waals surface area contributed by atoms with Crippen LogP contribution in [-0.2, 0) is 4.79 Å². The second-order valence-electron chi connectivity index (χ2n) is 4.94. The van der Waals surface area contributed by atoms with Crippen LogP contribution in [0.15, 0.2) is 18.2 Å². The molecule has 6 heteroatoms. The van der Waals surface area contributed by atoms with Gasteiger partial charge in [0.25, 0.3) is 5.69 Å². The van der Waals surface area contributed by atoms with Gasteiger partial charge < -0.3 is 10.0 Å². The van der Waals surface area contributed by atoms with Gasteiger partial charge in [-0.2, -0.15) is 0 Å². The Morgan fingerprint density at radius 1 is 1.53 bits per heavy atom. The molecule has 1 aliphatic heterocycles. The lowest BCUT2D eigenvalue weighted by Crippen LogP contribution is -2.39. The van der Waals surface area contributed by atoms with Gasteiger partial charge in [0, 0.05) is 12.6 Å². The molecule has 1 aliphatic rings. The zero-order valence-corrected chi connectivity index (χ0v) is 10.9. The van der Waals surface area contributed by atoms with Crippen molar-refractivity contribution in [3.63, 3.8) is 0 Å². The van der Waals surface area contributed by atoms with Gasteiger partial charge in [-0.05, 0) is 24.8 Å². The van der Waals surface area contributed by atoms with Gasteiger partial charge >= 0.3 is 5.97 Å². The lowest BCUT2D eigenvalue weighted by Gasteiger charge is -2.26. The highest BCUT2D eigenvalue weighted by Gasteiger charge is 2.39. The molecule has 0 amide bonds. The minimum absolute atomic E-state index is 0.0169. The third-order valence-corrected chi connectivity index (χ3v) is 3.65. The van der Waals surface area contributed by atoms with Crippen molar-refractivity contribution in [3.05, 3.63) is 33.9 Å². The molecule has 1 aromatic carbocycles. The molecule has 2 rings (SSSR count). The number of anilines is 1. The van der Waals surface area contributed by atoms with Crippen molar-refractivity contribution in [2.45, 2.75) is 26.3 Å². The predicted molar refractivity (Wildman–Crippen MR) is 70.4 cm³/mol. The van der Waals surface area contributed by atoms with Gasteiger partial charge in [0.05, 0.1) is 4.92 Å². The first-order chi connectivity index (χ1) is 8.93. The van der Waals surface area contributed by atoms with Crippen LogP contribution in [0.3, 0.4) is 0 Å². The van der Waals surface area contributed by atoms with Gasteiger partial charge in [-0.15, -0.1) is 0 Å². The minimum Gasteiger partial charge on any atom is -0.480 e. The number of nitrogens with zero attached hydrogens (tertiary/aromatic N) is 2. The largest absolute Gasteiger partial charge is 0.480 e. The van der Waals surface area contributed by atoms with Gasteiger partial charge in [0.15, 0.2) is 0 Å². The summed E-state index contributed by atoms with van der Waals surface area (Å²) in [6.07, 6.45) is 0.725. The second-order valence-corrected chi connectivity index (χ2v) is 4.94. The normalized spacial score (nSPS) is 22.5. The zero-order chi connectivity index (χ0) is 14.2. The van der Waals surface area contributed by atoms with E-state index < -0.39 is 16.9 Å². The molecule has 2 unspecified atom stereocenters. The molecule has 6 nitrogen and oxygen atoms in total. The molecule has 1 heterocycles. The fraction of sp³-hybridized carbons (Fsp3) is 0.462. The number of aryl methyl sites for hydroxylation is 1. The summed E-state index contributed by atoms with van der Waals surface area (Å²) in [6, 6.07) is 4.11. The highest BCUT2D eigenvalue weighted by atomic mass is 16.6. The van der Waals surface area contributed by atoms with Crippen LogP contribution in [0.4, 0.5) is 11.4 Å². The summed E-state index contributed by atoms with van der Waals surface area (Å²) in [7, 11) is 0. The van der Waals surface area contributed by atoms with Gasteiger partial charge in [0.2, 0.25) is 0 Å². The van der Waals surface area contributed by atoms with E-state index >= 15 is 0 Å². The van der Waals surface area contributed by atoms with E-state index in [1.54, 1.807) is 24.0 Å². The second kappa shape index (κ2) is 4.87. The van der Waals surface area contributed by atoms with E-state index in [4.69, 9.17) is 0 Å². The summed E-state index contributed by atoms with van der Waals surface area (Å²) in [6.45, 7) is 4.16. The van der Waals surface area contributed by atoms with Gasteiger partial charge in [-0.1, -0.05) is 19.1 Å². The van der Waals surface area contributed by atoms with Crippen molar-refractivity contribution in [3.8, 4) is 0 Å². The average Bonchev–Trinajstić information content (AvgIpc) is 2.70. The van der Waals surface area contributed by atoms with Gasteiger partial charge in [-0.3, -0.25) is 10.1 Å². The van der Waals surface area contributed by atoms with E-state index in [0.29, 0.717) is 12.2 Å². The number of hydrogen-bond acceptors (Lipinski definition) is 4. The lowest BCUT2D eigenvalue weighted by atomic mass is 10.0. The van der Waals surface area contributed by atoms with Gasteiger partial charge in [0.1, 0.15) is 11.7 Å². The third-order valence-electron chi connectivity index (χ3n) is 3.65. The van der Waals surface area contributed by atoms with E-state index in [1.807, 2.05) is 6.92 Å². The molecule has 1 N–H and O–H groups in total. The molecule has 102 valence electrons. The van der Waals surface area contributed by atoms with Crippen molar-refractivity contribution in [2.75, 3.05) is 11.4 Å². The number of carbonyl (C=O) groups is 1. The number of carboxylic acid groups (broad SMARTS) is 1. The topological polar surface area (TPSA) is 83.7 Å². The SMILES string of the molecule is Cc1cccc([N+](=O)[O-])c1N1CCC(C)C1C(=O)O. The standard InChI is InChI=1S/C13H16N2O4/c1-8-4-3-5-10(15(18)19)11(8)14-7-6-9(2)12(14)13(16)17/h3-5,9,12H,6-7H2,1-2H3,(H,16,17). The van der Waals surface area contributed by atoms with E-state index in [-0.39, 0.29) is 11.6 Å². The number of aliphatic carboxylic acids is 1. The molecule has 2 atom stereocenters.